The molecule has 5 heteroatoms. The number of aliphatic hydroxyl groups excluding tert-OH is 1. The molecule has 0 spiro atoms. The lowest BCUT2D eigenvalue weighted by molar-refractivity contribution is 0.171. The first-order chi connectivity index (χ1) is 8.67. The lowest BCUT2D eigenvalue weighted by atomic mass is 9.86. The Bertz CT molecular complexity index is 361. The molecule has 1 aromatic heterocycles. The number of halogens is 1. The number of nitrogens with one attached hydrogen (secondary N) is 1. The van der Waals surface area contributed by atoms with Crippen LogP contribution < -0.4 is 5.32 Å². The lowest BCUT2D eigenvalue weighted by Gasteiger charge is -2.30. The molecule has 0 saturated heterocycles. The van der Waals surface area contributed by atoms with Crippen molar-refractivity contribution in [3.8, 4) is 0 Å². The van der Waals surface area contributed by atoms with E-state index in [2.05, 4.69) is 33.3 Å². The average molecular weight is 316 g/mol. The lowest BCUT2D eigenvalue weighted by Crippen LogP contribution is -2.41. The molecule has 1 heterocycles. The van der Waals surface area contributed by atoms with Gasteiger partial charge in [-0.3, -0.25) is 4.68 Å². The zero-order valence-corrected chi connectivity index (χ0v) is 12.4. The molecule has 0 aliphatic heterocycles. The molecule has 1 saturated carbocycles. The highest BCUT2D eigenvalue weighted by molar-refractivity contribution is 9.10. The van der Waals surface area contributed by atoms with E-state index in [1.807, 2.05) is 17.1 Å². The van der Waals surface area contributed by atoms with Gasteiger partial charge in [-0.15, -0.1) is 0 Å². The monoisotopic (exact) mass is 315 g/mol. The number of aliphatic hydroxyl groups is 1. The standard InChI is InChI=1S/C13H22BrN3O/c1-10(7-17-8-12(14)6-15-17)16-13-4-2-11(9-18)3-5-13/h6,8,10-11,13,16,18H,2-5,7,9H2,1H3. The van der Waals surface area contributed by atoms with Crippen LogP contribution in [-0.4, -0.2) is 33.6 Å². The van der Waals surface area contributed by atoms with Crippen molar-refractivity contribution < 1.29 is 5.11 Å². The molecule has 0 aromatic carbocycles. The predicted octanol–water partition coefficient (Wildman–Crippen LogP) is 2.17. The Kier molecular flexibility index (Phi) is 5.21. The first-order valence-electron chi connectivity index (χ1n) is 6.72. The van der Waals surface area contributed by atoms with Gasteiger partial charge in [0.05, 0.1) is 17.2 Å². The van der Waals surface area contributed by atoms with Gasteiger partial charge in [0.1, 0.15) is 0 Å². The highest BCUT2D eigenvalue weighted by Gasteiger charge is 2.21. The van der Waals surface area contributed by atoms with Crippen molar-refractivity contribution in [2.45, 2.75) is 51.2 Å². The van der Waals surface area contributed by atoms with Gasteiger partial charge in [0, 0.05) is 24.9 Å². The highest BCUT2D eigenvalue weighted by Crippen LogP contribution is 2.24. The zero-order chi connectivity index (χ0) is 13.0. The van der Waals surface area contributed by atoms with Gasteiger partial charge >= 0.3 is 0 Å². The first-order valence-corrected chi connectivity index (χ1v) is 7.51. The molecule has 1 atom stereocenters. The second-order valence-corrected chi connectivity index (χ2v) is 6.26. The Morgan fingerprint density at radius 2 is 2.22 bits per heavy atom. The molecule has 4 nitrogen and oxygen atoms in total. The normalized spacial score (nSPS) is 26.2. The van der Waals surface area contributed by atoms with E-state index in [0.29, 0.717) is 24.6 Å². The van der Waals surface area contributed by atoms with Gasteiger partial charge in [0.15, 0.2) is 0 Å². The molecule has 1 fully saturated rings. The van der Waals surface area contributed by atoms with Crippen LogP contribution in [0.15, 0.2) is 16.9 Å². The van der Waals surface area contributed by atoms with Gasteiger partial charge in [-0.25, -0.2) is 0 Å². The third-order valence-corrected chi connectivity index (χ3v) is 4.10. The SMILES string of the molecule is CC(Cn1cc(Br)cn1)NC1CCC(CO)CC1. The van der Waals surface area contributed by atoms with Crippen molar-refractivity contribution in [2.75, 3.05) is 6.61 Å². The summed E-state index contributed by atoms with van der Waals surface area (Å²) in [4.78, 5) is 0. The van der Waals surface area contributed by atoms with Crippen molar-refractivity contribution in [1.82, 2.24) is 15.1 Å². The molecule has 1 aliphatic carbocycles. The van der Waals surface area contributed by atoms with E-state index in [1.165, 1.54) is 12.8 Å². The fourth-order valence-electron chi connectivity index (χ4n) is 2.69. The Morgan fingerprint density at radius 3 is 2.78 bits per heavy atom. The molecule has 2 N–H and O–H groups in total. The summed E-state index contributed by atoms with van der Waals surface area (Å²) in [6.07, 6.45) is 8.47. The van der Waals surface area contributed by atoms with Gasteiger partial charge in [-0.1, -0.05) is 0 Å². The van der Waals surface area contributed by atoms with Crippen LogP contribution in [0.4, 0.5) is 0 Å². The Hall–Kier alpha value is -0.390. The van der Waals surface area contributed by atoms with Crippen molar-refractivity contribution in [3.63, 3.8) is 0 Å². The molecule has 0 bridgehead atoms. The van der Waals surface area contributed by atoms with Gasteiger partial charge in [0.25, 0.3) is 0 Å². The van der Waals surface area contributed by atoms with Crippen LogP contribution in [0.3, 0.4) is 0 Å². The molecule has 2 rings (SSSR count). The highest BCUT2D eigenvalue weighted by atomic mass is 79.9. The molecular formula is C13H22BrN3O. The summed E-state index contributed by atoms with van der Waals surface area (Å²) in [5, 5.41) is 17.1. The topological polar surface area (TPSA) is 50.1 Å². The largest absolute Gasteiger partial charge is 0.396 e. The molecule has 1 aromatic rings. The van der Waals surface area contributed by atoms with Gasteiger partial charge in [-0.2, -0.15) is 5.10 Å². The summed E-state index contributed by atoms with van der Waals surface area (Å²) in [6, 6.07) is 1.02. The van der Waals surface area contributed by atoms with Crippen LogP contribution >= 0.6 is 15.9 Å². The van der Waals surface area contributed by atoms with E-state index >= 15 is 0 Å². The van der Waals surface area contributed by atoms with Gasteiger partial charge in [-0.05, 0) is 54.5 Å². The number of rotatable bonds is 5. The fourth-order valence-corrected chi connectivity index (χ4v) is 3.01. The summed E-state index contributed by atoms with van der Waals surface area (Å²) >= 11 is 3.41. The predicted molar refractivity (Wildman–Crippen MR) is 75.4 cm³/mol. The van der Waals surface area contributed by atoms with E-state index in [4.69, 9.17) is 5.11 Å². The van der Waals surface area contributed by atoms with Crippen LogP contribution in [0.2, 0.25) is 0 Å². The first kappa shape index (κ1) is 14.0. The van der Waals surface area contributed by atoms with Crippen molar-refractivity contribution in [3.05, 3.63) is 16.9 Å². The minimum Gasteiger partial charge on any atom is -0.396 e. The maximum absolute atomic E-state index is 9.12. The molecular weight excluding hydrogens is 294 g/mol. The molecule has 1 aliphatic rings. The van der Waals surface area contributed by atoms with E-state index in [9.17, 15) is 0 Å². The third-order valence-electron chi connectivity index (χ3n) is 3.69. The third kappa shape index (κ3) is 4.07. The summed E-state index contributed by atoms with van der Waals surface area (Å²) < 4.78 is 2.99. The van der Waals surface area contributed by atoms with E-state index < -0.39 is 0 Å². The van der Waals surface area contributed by atoms with Crippen LogP contribution in [-0.2, 0) is 6.54 Å². The minimum atomic E-state index is 0.351. The van der Waals surface area contributed by atoms with Gasteiger partial charge < -0.3 is 10.4 Å². The maximum atomic E-state index is 9.12. The van der Waals surface area contributed by atoms with Crippen molar-refractivity contribution in [2.24, 2.45) is 5.92 Å². The minimum absolute atomic E-state index is 0.351. The Labute approximate surface area is 117 Å². The van der Waals surface area contributed by atoms with Crippen LogP contribution in [0, 0.1) is 5.92 Å². The fraction of sp³-hybridized carbons (Fsp3) is 0.769. The zero-order valence-electron chi connectivity index (χ0n) is 10.8. The second kappa shape index (κ2) is 6.68. The number of nitrogens with zero attached hydrogens (tertiary/aromatic N) is 2. The summed E-state index contributed by atoms with van der Waals surface area (Å²) in [6.45, 7) is 3.45. The van der Waals surface area contributed by atoms with Gasteiger partial charge in [0.2, 0.25) is 0 Å². The Balaban J connectivity index is 1.73. The van der Waals surface area contributed by atoms with E-state index in [1.54, 1.807) is 0 Å². The van der Waals surface area contributed by atoms with E-state index in [-0.39, 0.29) is 0 Å². The van der Waals surface area contributed by atoms with E-state index in [0.717, 1.165) is 23.9 Å². The summed E-state index contributed by atoms with van der Waals surface area (Å²) in [7, 11) is 0. The van der Waals surface area contributed by atoms with Crippen LogP contribution in [0.5, 0.6) is 0 Å². The number of hydrogen-bond acceptors (Lipinski definition) is 3. The maximum Gasteiger partial charge on any atom is 0.0632 e. The summed E-state index contributed by atoms with van der Waals surface area (Å²) in [5.41, 5.74) is 0. The molecule has 102 valence electrons. The quantitative estimate of drug-likeness (QED) is 0.875. The molecule has 0 amide bonds. The average Bonchev–Trinajstić information content (AvgIpc) is 2.75. The molecule has 18 heavy (non-hydrogen) atoms. The Morgan fingerprint density at radius 1 is 1.50 bits per heavy atom. The number of hydrogen-bond donors (Lipinski definition) is 2. The summed E-state index contributed by atoms with van der Waals surface area (Å²) in [5.74, 6) is 0.528. The van der Waals surface area contributed by atoms with Crippen molar-refractivity contribution in [1.29, 1.82) is 0 Å². The van der Waals surface area contributed by atoms with Crippen LogP contribution in [0.1, 0.15) is 32.6 Å². The van der Waals surface area contributed by atoms with Crippen LogP contribution in [0.25, 0.3) is 0 Å². The smallest absolute Gasteiger partial charge is 0.0632 e. The molecule has 1 unspecified atom stereocenters. The molecule has 0 radical (unpaired) electrons. The number of aromatic nitrogens is 2. The van der Waals surface area contributed by atoms with Crippen molar-refractivity contribution >= 4 is 15.9 Å². The second-order valence-electron chi connectivity index (χ2n) is 5.35.